The first-order valence-electron chi connectivity index (χ1n) is 14.5. The molecule has 3 rings (SSSR count). The molecule has 0 spiro atoms. The van der Waals surface area contributed by atoms with Crippen LogP contribution < -0.4 is 4.74 Å². The van der Waals surface area contributed by atoms with Crippen molar-refractivity contribution in [3.63, 3.8) is 0 Å². The van der Waals surface area contributed by atoms with Crippen LogP contribution in [0.15, 0.2) is 30.3 Å². The Labute approximate surface area is 219 Å². The first kappa shape index (κ1) is 28.2. The third-order valence-electron chi connectivity index (χ3n) is 8.17. The van der Waals surface area contributed by atoms with Gasteiger partial charge in [0, 0.05) is 11.1 Å². The van der Waals surface area contributed by atoms with E-state index in [2.05, 4.69) is 26.0 Å². The number of rotatable bonds is 14. The standard InChI is InChI=1S/C33H46FNO/c1-4-6-8-10-11-13-25-15-17-26(18-16-25)28-20-21-30(29(23-28)24-35)31-22-19-27(14-12-9-7-5-2)32(34)33(31)36-3/h19-23,25-26H,4-18H2,1-3H3. The number of unbranched alkanes of at least 4 members (excludes halogenated alkanes) is 7. The number of nitriles is 1. The van der Waals surface area contributed by atoms with Crippen LogP contribution in [0.1, 0.15) is 126 Å². The van der Waals surface area contributed by atoms with Gasteiger partial charge in [0.1, 0.15) is 0 Å². The van der Waals surface area contributed by atoms with Crippen LogP contribution in [0.25, 0.3) is 11.1 Å². The van der Waals surface area contributed by atoms with Crippen LogP contribution in [0.2, 0.25) is 0 Å². The van der Waals surface area contributed by atoms with E-state index in [-0.39, 0.29) is 11.6 Å². The highest BCUT2D eigenvalue weighted by molar-refractivity contribution is 5.77. The van der Waals surface area contributed by atoms with Gasteiger partial charge in [-0.25, -0.2) is 4.39 Å². The van der Waals surface area contributed by atoms with Gasteiger partial charge in [-0.3, -0.25) is 0 Å². The fraction of sp³-hybridized carbons (Fsp3) is 0.606. The molecule has 0 N–H and O–H groups in total. The van der Waals surface area contributed by atoms with Gasteiger partial charge in [0.15, 0.2) is 11.6 Å². The second-order valence-electron chi connectivity index (χ2n) is 10.8. The van der Waals surface area contributed by atoms with Gasteiger partial charge in [-0.2, -0.15) is 5.26 Å². The molecule has 3 heteroatoms. The molecule has 0 aliphatic heterocycles. The third kappa shape index (κ3) is 7.58. The minimum atomic E-state index is -0.285. The number of aryl methyl sites for hydroxylation is 1. The lowest BCUT2D eigenvalue weighted by Crippen LogP contribution is -2.13. The molecular weight excluding hydrogens is 445 g/mol. The summed E-state index contributed by atoms with van der Waals surface area (Å²) < 4.78 is 20.8. The molecule has 2 nitrogen and oxygen atoms in total. The molecule has 2 aromatic rings. The smallest absolute Gasteiger partial charge is 0.168 e. The Balaban J connectivity index is 1.68. The monoisotopic (exact) mass is 491 g/mol. The van der Waals surface area contributed by atoms with Crippen molar-refractivity contribution in [3.8, 4) is 22.9 Å². The Kier molecular flexibility index (Phi) is 11.8. The SMILES string of the molecule is CCCCCCCC1CCC(c2ccc(-c3ccc(CCCCCC)c(F)c3OC)c(C#N)c2)CC1. The van der Waals surface area contributed by atoms with E-state index in [0.29, 0.717) is 29.0 Å². The van der Waals surface area contributed by atoms with Gasteiger partial charge in [-0.15, -0.1) is 0 Å². The lowest BCUT2D eigenvalue weighted by molar-refractivity contribution is 0.302. The van der Waals surface area contributed by atoms with Crippen molar-refractivity contribution in [1.29, 1.82) is 5.26 Å². The van der Waals surface area contributed by atoms with Crippen molar-refractivity contribution in [3.05, 3.63) is 52.8 Å². The summed E-state index contributed by atoms with van der Waals surface area (Å²) in [6, 6.07) is 12.4. The molecule has 0 bridgehead atoms. The molecule has 0 atom stereocenters. The average molecular weight is 492 g/mol. The number of benzene rings is 2. The zero-order valence-electron chi connectivity index (χ0n) is 22.9. The molecule has 2 aromatic carbocycles. The quantitative estimate of drug-likeness (QED) is 0.246. The Morgan fingerprint density at radius 2 is 1.53 bits per heavy atom. The fourth-order valence-corrected chi connectivity index (χ4v) is 5.91. The average Bonchev–Trinajstić information content (AvgIpc) is 2.91. The van der Waals surface area contributed by atoms with E-state index in [9.17, 15) is 5.26 Å². The van der Waals surface area contributed by atoms with Crippen LogP contribution >= 0.6 is 0 Å². The lowest BCUT2D eigenvalue weighted by atomic mass is 9.76. The summed E-state index contributed by atoms with van der Waals surface area (Å²) in [6.45, 7) is 4.45. The van der Waals surface area contributed by atoms with Gasteiger partial charge >= 0.3 is 0 Å². The third-order valence-corrected chi connectivity index (χ3v) is 8.17. The zero-order valence-corrected chi connectivity index (χ0v) is 22.9. The van der Waals surface area contributed by atoms with Crippen LogP contribution in [-0.2, 0) is 6.42 Å². The highest BCUT2D eigenvalue weighted by Gasteiger charge is 2.24. The second kappa shape index (κ2) is 15.0. The van der Waals surface area contributed by atoms with Crippen LogP contribution in [-0.4, -0.2) is 7.11 Å². The summed E-state index contributed by atoms with van der Waals surface area (Å²) in [5.74, 6) is 1.36. The number of nitrogens with zero attached hydrogens (tertiary/aromatic N) is 1. The topological polar surface area (TPSA) is 33.0 Å². The van der Waals surface area contributed by atoms with Crippen LogP contribution in [0.4, 0.5) is 4.39 Å². The molecule has 1 fully saturated rings. The van der Waals surface area contributed by atoms with E-state index >= 15 is 4.39 Å². The van der Waals surface area contributed by atoms with Crippen molar-refractivity contribution in [1.82, 2.24) is 0 Å². The summed E-state index contributed by atoms with van der Waals surface area (Å²) >= 11 is 0. The minimum Gasteiger partial charge on any atom is -0.493 e. The molecule has 0 heterocycles. The van der Waals surface area contributed by atoms with Crippen molar-refractivity contribution >= 4 is 0 Å². The molecule has 0 aromatic heterocycles. The van der Waals surface area contributed by atoms with Gasteiger partial charge < -0.3 is 4.74 Å². The van der Waals surface area contributed by atoms with E-state index in [4.69, 9.17) is 4.74 Å². The Morgan fingerprint density at radius 1 is 0.861 bits per heavy atom. The molecule has 196 valence electrons. The highest BCUT2D eigenvalue weighted by Crippen LogP contribution is 2.41. The number of halogens is 1. The van der Waals surface area contributed by atoms with Crippen molar-refractivity contribution in [2.45, 2.75) is 116 Å². The molecule has 0 unspecified atom stereocenters. The maximum absolute atomic E-state index is 15.3. The van der Waals surface area contributed by atoms with Gasteiger partial charge in [0.25, 0.3) is 0 Å². The Morgan fingerprint density at radius 3 is 2.19 bits per heavy atom. The van der Waals surface area contributed by atoms with Crippen molar-refractivity contribution < 1.29 is 9.13 Å². The summed E-state index contributed by atoms with van der Waals surface area (Å²) in [5, 5.41) is 9.97. The van der Waals surface area contributed by atoms with Crippen LogP contribution in [0, 0.1) is 23.1 Å². The van der Waals surface area contributed by atoms with Crippen molar-refractivity contribution in [2.75, 3.05) is 7.11 Å². The van der Waals surface area contributed by atoms with E-state index in [1.807, 2.05) is 24.3 Å². The molecule has 1 saturated carbocycles. The first-order chi connectivity index (χ1) is 17.6. The predicted octanol–water partition coefficient (Wildman–Crippen LogP) is 10.1. The Hall–Kier alpha value is -2.34. The molecule has 0 amide bonds. The predicted molar refractivity (Wildman–Crippen MR) is 149 cm³/mol. The molecule has 0 radical (unpaired) electrons. The molecule has 0 saturated heterocycles. The molecule has 36 heavy (non-hydrogen) atoms. The Bertz CT molecular complexity index is 984. The van der Waals surface area contributed by atoms with Crippen LogP contribution in [0.5, 0.6) is 5.75 Å². The second-order valence-corrected chi connectivity index (χ2v) is 10.8. The van der Waals surface area contributed by atoms with Crippen molar-refractivity contribution in [2.24, 2.45) is 5.92 Å². The summed E-state index contributed by atoms with van der Waals surface area (Å²) in [4.78, 5) is 0. The number of hydrogen-bond acceptors (Lipinski definition) is 2. The number of hydrogen-bond donors (Lipinski definition) is 0. The van der Waals surface area contributed by atoms with Gasteiger partial charge in [-0.1, -0.05) is 95.9 Å². The molecule has 1 aliphatic rings. The summed E-state index contributed by atoms with van der Waals surface area (Å²) in [5.41, 5.74) is 3.99. The van der Waals surface area contributed by atoms with Crippen LogP contribution in [0.3, 0.4) is 0 Å². The maximum Gasteiger partial charge on any atom is 0.168 e. The summed E-state index contributed by atoms with van der Waals surface area (Å²) in [7, 11) is 1.52. The maximum atomic E-state index is 15.3. The van der Waals surface area contributed by atoms with E-state index < -0.39 is 0 Å². The highest BCUT2D eigenvalue weighted by atomic mass is 19.1. The molecule has 1 aliphatic carbocycles. The lowest BCUT2D eigenvalue weighted by Gasteiger charge is -2.29. The molecular formula is C33H46FNO. The normalized spacial score (nSPS) is 17.6. The van der Waals surface area contributed by atoms with Gasteiger partial charge in [0.05, 0.1) is 18.7 Å². The number of methoxy groups -OCH3 is 1. The fourth-order valence-electron chi connectivity index (χ4n) is 5.91. The van der Waals surface area contributed by atoms with Gasteiger partial charge in [0.2, 0.25) is 0 Å². The van der Waals surface area contributed by atoms with E-state index in [1.165, 1.54) is 83.3 Å². The van der Waals surface area contributed by atoms with E-state index in [0.717, 1.165) is 30.7 Å². The largest absolute Gasteiger partial charge is 0.493 e. The van der Waals surface area contributed by atoms with Gasteiger partial charge in [-0.05, 0) is 67.6 Å². The minimum absolute atomic E-state index is 0.256. The number of ether oxygens (including phenoxy) is 1. The first-order valence-corrected chi connectivity index (χ1v) is 14.5. The van der Waals surface area contributed by atoms with E-state index in [1.54, 1.807) is 0 Å². The zero-order chi connectivity index (χ0) is 25.8. The summed E-state index contributed by atoms with van der Waals surface area (Å²) in [6.07, 6.45) is 18.3.